The molecule has 0 aromatic carbocycles. The van der Waals surface area contributed by atoms with Crippen molar-refractivity contribution in [3.8, 4) is 0 Å². The lowest BCUT2D eigenvalue weighted by molar-refractivity contribution is -0.142. The standard InChI is InChI=1S/C6H10N2O4/c1-8-6(12)5(11)3(7)2-4(9)10/h3H,2,7H2,1H3,(H,8,12)(H,9,10)/t3-/m0/s1. The molecule has 0 saturated heterocycles. The summed E-state index contributed by atoms with van der Waals surface area (Å²) in [7, 11) is 1.27. The summed E-state index contributed by atoms with van der Waals surface area (Å²) in [6.07, 6.45) is -0.535. The first-order chi connectivity index (χ1) is 5.49. The zero-order chi connectivity index (χ0) is 9.72. The zero-order valence-corrected chi connectivity index (χ0v) is 6.53. The molecule has 6 nitrogen and oxygen atoms in total. The fraction of sp³-hybridized carbons (Fsp3) is 0.500. The van der Waals surface area contributed by atoms with Gasteiger partial charge in [-0.1, -0.05) is 0 Å². The molecule has 0 saturated carbocycles. The second kappa shape index (κ2) is 4.45. The highest BCUT2D eigenvalue weighted by molar-refractivity contribution is 6.38. The fourth-order valence-corrected chi connectivity index (χ4v) is 0.572. The van der Waals surface area contributed by atoms with E-state index in [1.807, 2.05) is 0 Å². The summed E-state index contributed by atoms with van der Waals surface area (Å²) >= 11 is 0. The monoisotopic (exact) mass is 174 g/mol. The van der Waals surface area contributed by atoms with E-state index >= 15 is 0 Å². The van der Waals surface area contributed by atoms with E-state index in [4.69, 9.17) is 10.8 Å². The molecule has 0 heterocycles. The van der Waals surface area contributed by atoms with Crippen LogP contribution in [0.5, 0.6) is 0 Å². The van der Waals surface area contributed by atoms with E-state index < -0.39 is 30.1 Å². The van der Waals surface area contributed by atoms with Gasteiger partial charge in [0.2, 0.25) is 5.78 Å². The molecular formula is C6H10N2O4. The van der Waals surface area contributed by atoms with Gasteiger partial charge in [-0.3, -0.25) is 14.4 Å². The van der Waals surface area contributed by atoms with Gasteiger partial charge in [0.15, 0.2) is 0 Å². The number of carbonyl (C=O) groups is 3. The van der Waals surface area contributed by atoms with Crippen molar-refractivity contribution in [2.45, 2.75) is 12.5 Å². The molecule has 68 valence electrons. The van der Waals surface area contributed by atoms with Crippen LogP contribution in [-0.4, -0.2) is 35.9 Å². The summed E-state index contributed by atoms with van der Waals surface area (Å²) < 4.78 is 0. The van der Waals surface area contributed by atoms with Crippen LogP contribution in [0.15, 0.2) is 0 Å². The first kappa shape index (κ1) is 10.6. The lowest BCUT2D eigenvalue weighted by atomic mass is 10.1. The average Bonchev–Trinajstić information content (AvgIpc) is 2.00. The van der Waals surface area contributed by atoms with Crippen LogP contribution in [0.2, 0.25) is 0 Å². The number of ketones is 1. The smallest absolute Gasteiger partial charge is 0.305 e. The first-order valence-corrected chi connectivity index (χ1v) is 3.22. The van der Waals surface area contributed by atoms with E-state index in [2.05, 4.69) is 5.32 Å². The molecule has 1 amide bonds. The number of amides is 1. The van der Waals surface area contributed by atoms with Crippen molar-refractivity contribution >= 4 is 17.7 Å². The number of Topliss-reactive ketones (excluding diaryl/α,β-unsaturated/α-hetero) is 1. The largest absolute Gasteiger partial charge is 0.481 e. The van der Waals surface area contributed by atoms with Gasteiger partial charge < -0.3 is 16.2 Å². The SMILES string of the molecule is CNC(=O)C(=O)[C@@H](N)CC(=O)O. The molecule has 0 radical (unpaired) electrons. The van der Waals surface area contributed by atoms with Crippen molar-refractivity contribution in [3.63, 3.8) is 0 Å². The highest BCUT2D eigenvalue weighted by Gasteiger charge is 2.22. The molecule has 0 aliphatic carbocycles. The Kier molecular flexibility index (Phi) is 3.92. The van der Waals surface area contributed by atoms with E-state index in [9.17, 15) is 14.4 Å². The van der Waals surface area contributed by atoms with E-state index in [1.54, 1.807) is 0 Å². The van der Waals surface area contributed by atoms with Crippen LogP contribution in [0.1, 0.15) is 6.42 Å². The van der Waals surface area contributed by atoms with Crippen molar-refractivity contribution < 1.29 is 19.5 Å². The minimum atomic E-state index is -1.26. The van der Waals surface area contributed by atoms with Gasteiger partial charge in [-0.05, 0) is 0 Å². The predicted molar refractivity (Wildman–Crippen MR) is 39.3 cm³/mol. The number of carbonyl (C=O) groups excluding carboxylic acids is 2. The highest BCUT2D eigenvalue weighted by atomic mass is 16.4. The Bertz CT molecular complexity index is 214. The number of likely N-dealkylation sites (N-methyl/N-ethyl adjacent to an activating group) is 1. The van der Waals surface area contributed by atoms with Gasteiger partial charge in [-0.2, -0.15) is 0 Å². The number of rotatable bonds is 4. The lowest BCUT2D eigenvalue weighted by Crippen LogP contribution is -2.42. The molecule has 0 unspecified atom stereocenters. The first-order valence-electron chi connectivity index (χ1n) is 3.22. The van der Waals surface area contributed by atoms with Crippen LogP contribution >= 0.6 is 0 Å². The molecule has 0 fully saturated rings. The summed E-state index contributed by atoms with van der Waals surface area (Å²) in [5, 5.41) is 10.3. The minimum absolute atomic E-state index is 0.535. The van der Waals surface area contributed by atoms with Crippen molar-refractivity contribution in [2.75, 3.05) is 7.05 Å². The predicted octanol–water partition coefficient (Wildman–Crippen LogP) is -1.90. The fourth-order valence-electron chi connectivity index (χ4n) is 0.572. The maximum Gasteiger partial charge on any atom is 0.305 e. The zero-order valence-electron chi connectivity index (χ0n) is 6.53. The number of aliphatic carboxylic acids is 1. The number of hydrogen-bond donors (Lipinski definition) is 3. The molecule has 0 bridgehead atoms. The second-order valence-corrected chi connectivity index (χ2v) is 2.15. The molecule has 1 atom stereocenters. The average molecular weight is 174 g/mol. The van der Waals surface area contributed by atoms with Gasteiger partial charge in [-0.25, -0.2) is 0 Å². The summed E-state index contributed by atoms with van der Waals surface area (Å²) in [4.78, 5) is 31.5. The molecule has 12 heavy (non-hydrogen) atoms. The van der Waals surface area contributed by atoms with E-state index in [-0.39, 0.29) is 0 Å². The number of hydrogen-bond acceptors (Lipinski definition) is 4. The molecule has 0 aliphatic heterocycles. The Hall–Kier alpha value is -1.43. The quantitative estimate of drug-likeness (QED) is 0.431. The highest BCUT2D eigenvalue weighted by Crippen LogP contribution is 1.90. The van der Waals surface area contributed by atoms with E-state index in [0.29, 0.717) is 0 Å². The van der Waals surface area contributed by atoms with Crippen LogP contribution in [0.25, 0.3) is 0 Å². The van der Waals surface area contributed by atoms with Gasteiger partial charge in [0.1, 0.15) is 0 Å². The maximum atomic E-state index is 10.8. The summed E-state index contributed by atoms with van der Waals surface area (Å²) in [6.45, 7) is 0. The van der Waals surface area contributed by atoms with E-state index in [0.717, 1.165) is 0 Å². The third-order valence-electron chi connectivity index (χ3n) is 1.18. The molecule has 0 rings (SSSR count). The van der Waals surface area contributed by atoms with Gasteiger partial charge in [0, 0.05) is 7.05 Å². The van der Waals surface area contributed by atoms with Gasteiger partial charge in [0.25, 0.3) is 5.91 Å². The molecular weight excluding hydrogens is 164 g/mol. The van der Waals surface area contributed by atoms with Gasteiger partial charge in [0.05, 0.1) is 12.5 Å². The van der Waals surface area contributed by atoms with Crippen LogP contribution in [0.4, 0.5) is 0 Å². The van der Waals surface area contributed by atoms with Crippen molar-refractivity contribution in [1.29, 1.82) is 0 Å². The summed E-state index contributed by atoms with van der Waals surface area (Å²) in [5.74, 6) is -3.00. The second-order valence-electron chi connectivity index (χ2n) is 2.15. The summed E-state index contributed by atoms with van der Waals surface area (Å²) in [5.41, 5.74) is 5.10. The minimum Gasteiger partial charge on any atom is -0.481 e. The molecule has 0 aromatic rings. The molecule has 4 N–H and O–H groups in total. The van der Waals surface area contributed by atoms with Crippen LogP contribution in [-0.2, 0) is 14.4 Å². The Balaban J connectivity index is 4.10. The van der Waals surface area contributed by atoms with Crippen molar-refractivity contribution in [3.05, 3.63) is 0 Å². The molecule has 0 spiro atoms. The number of carboxylic acids is 1. The number of nitrogens with one attached hydrogen (secondary N) is 1. The molecule has 0 aromatic heterocycles. The van der Waals surface area contributed by atoms with E-state index in [1.165, 1.54) is 7.05 Å². The maximum absolute atomic E-state index is 10.8. The Labute approximate surface area is 68.7 Å². The van der Waals surface area contributed by atoms with Gasteiger partial charge >= 0.3 is 5.97 Å². The van der Waals surface area contributed by atoms with Crippen molar-refractivity contribution in [1.82, 2.24) is 5.32 Å². The topological polar surface area (TPSA) is 109 Å². The van der Waals surface area contributed by atoms with Crippen LogP contribution < -0.4 is 11.1 Å². The van der Waals surface area contributed by atoms with Crippen molar-refractivity contribution in [2.24, 2.45) is 5.73 Å². The Morgan fingerprint density at radius 1 is 1.50 bits per heavy atom. The normalized spacial score (nSPS) is 11.8. The third kappa shape index (κ3) is 3.11. The van der Waals surface area contributed by atoms with Gasteiger partial charge in [-0.15, -0.1) is 0 Å². The van der Waals surface area contributed by atoms with Crippen LogP contribution in [0.3, 0.4) is 0 Å². The summed E-state index contributed by atoms with van der Waals surface area (Å²) in [6, 6.07) is -1.26. The van der Waals surface area contributed by atoms with Crippen LogP contribution in [0, 0.1) is 0 Å². The number of nitrogens with two attached hydrogens (primary N) is 1. The third-order valence-corrected chi connectivity index (χ3v) is 1.18. The molecule has 0 aliphatic rings. The number of carboxylic acid groups (broad SMARTS) is 1. The molecule has 6 heteroatoms. The lowest BCUT2D eigenvalue weighted by Gasteiger charge is -2.05. The Morgan fingerprint density at radius 2 is 2.00 bits per heavy atom. The Morgan fingerprint density at radius 3 is 2.33 bits per heavy atom.